The molecule has 0 aliphatic rings. The Labute approximate surface area is 145 Å². The highest BCUT2D eigenvalue weighted by molar-refractivity contribution is 7.89. The minimum Gasteiger partial charge on any atom is -0.388 e. The van der Waals surface area contributed by atoms with Crippen molar-refractivity contribution in [2.24, 2.45) is 5.14 Å². The van der Waals surface area contributed by atoms with E-state index in [0.717, 1.165) is 24.3 Å². The molecule has 0 radical (unpaired) electrons. The first-order valence-electron chi connectivity index (χ1n) is 7.10. The average molecular weight is 384 g/mol. The zero-order valence-corrected chi connectivity index (χ0v) is 13.7. The molecule has 3 aromatic rings. The van der Waals surface area contributed by atoms with Crippen LogP contribution in [-0.4, -0.2) is 18.7 Å². The van der Waals surface area contributed by atoms with Crippen molar-refractivity contribution in [3.8, 4) is 22.4 Å². The van der Waals surface area contributed by atoms with Crippen molar-refractivity contribution < 1.29 is 31.2 Å². The summed E-state index contributed by atoms with van der Waals surface area (Å²) in [6, 6.07) is 6.50. The molecule has 26 heavy (non-hydrogen) atoms. The normalized spacial score (nSPS) is 11.7. The smallest absolute Gasteiger partial charge is 0.243 e. The van der Waals surface area contributed by atoms with Gasteiger partial charge in [0, 0.05) is 5.56 Å². The van der Waals surface area contributed by atoms with Crippen molar-refractivity contribution in [1.29, 1.82) is 0 Å². The molecule has 1 aromatic heterocycles. The topological polar surface area (TPSA) is 106 Å². The van der Waals surface area contributed by atoms with Crippen molar-refractivity contribution in [2.45, 2.75) is 11.5 Å². The van der Waals surface area contributed by atoms with E-state index in [1.54, 1.807) is 0 Å². The molecule has 0 fully saturated rings. The molecule has 0 aliphatic heterocycles. The number of nitrogens with zero attached hydrogens (tertiary/aromatic N) is 1. The molecule has 10 heteroatoms. The first-order chi connectivity index (χ1) is 12.2. The van der Waals surface area contributed by atoms with Gasteiger partial charge >= 0.3 is 0 Å². The summed E-state index contributed by atoms with van der Waals surface area (Å²) >= 11 is 0. The van der Waals surface area contributed by atoms with Crippen molar-refractivity contribution in [3.05, 3.63) is 59.6 Å². The van der Waals surface area contributed by atoms with Crippen LogP contribution < -0.4 is 5.14 Å². The van der Waals surface area contributed by atoms with Gasteiger partial charge in [-0.2, -0.15) is 0 Å². The number of aromatic nitrogens is 1. The Hall–Kier alpha value is -2.69. The summed E-state index contributed by atoms with van der Waals surface area (Å²) in [6.45, 7) is -0.635. The lowest BCUT2D eigenvalue weighted by molar-refractivity contribution is 0.230. The van der Waals surface area contributed by atoms with E-state index in [0.29, 0.717) is 5.56 Å². The van der Waals surface area contributed by atoms with Crippen molar-refractivity contribution in [2.75, 3.05) is 0 Å². The number of hydrogen-bond donors (Lipinski definition) is 2. The maximum absolute atomic E-state index is 14.2. The molecule has 6 nitrogen and oxygen atoms in total. The molecule has 3 rings (SSSR count). The number of aliphatic hydroxyl groups excluding tert-OH is 1. The summed E-state index contributed by atoms with van der Waals surface area (Å²) in [7, 11) is -4.61. The highest BCUT2D eigenvalue weighted by Crippen LogP contribution is 2.36. The zero-order chi connectivity index (χ0) is 19.1. The Morgan fingerprint density at radius 3 is 2.12 bits per heavy atom. The van der Waals surface area contributed by atoms with E-state index in [1.807, 2.05) is 0 Å². The van der Waals surface area contributed by atoms with Crippen molar-refractivity contribution in [1.82, 2.24) is 5.16 Å². The molecule has 0 aliphatic carbocycles. The lowest BCUT2D eigenvalue weighted by Gasteiger charge is -2.08. The first-order valence-corrected chi connectivity index (χ1v) is 8.64. The minimum absolute atomic E-state index is 0.0397. The minimum atomic E-state index is -4.61. The van der Waals surface area contributed by atoms with Crippen molar-refractivity contribution in [3.63, 3.8) is 0 Å². The number of halogens is 3. The van der Waals surface area contributed by atoms with Crippen LogP contribution in [-0.2, 0) is 16.6 Å². The Balaban J connectivity index is 2.24. The molecule has 1 heterocycles. The fourth-order valence-corrected chi connectivity index (χ4v) is 3.17. The lowest BCUT2D eigenvalue weighted by Crippen LogP contribution is -2.16. The fourth-order valence-electron chi connectivity index (χ4n) is 2.51. The number of sulfonamides is 1. The molecule has 0 amide bonds. The van der Waals surface area contributed by atoms with Crippen LogP contribution in [0.3, 0.4) is 0 Å². The fraction of sp³-hybridized carbons (Fsp3) is 0.0625. The van der Waals surface area contributed by atoms with Gasteiger partial charge in [-0.05, 0) is 42.0 Å². The molecular formula is C16H11F3N2O4S. The van der Waals surface area contributed by atoms with E-state index in [4.69, 9.17) is 9.66 Å². The third kappa shape index (κ3) is 3.21. The van der Waals surface area contributed by atoms with Crippen LogP contribution in [0.2, 0.25) is 0 Å². The molecular weight excluding hydrogens is 373 g/mol. The number of primary sulfonamides is 1. The van der Waals surface area contributed by atoms with Crippen LogP contribution in [0.4, 0.5) is 13.2 Å². The standard InChI is InChI=1S/C16H11F3N2O4S/c17-10-3-1-8(2-4-10)15-14(13(7-22)25-21-15)9-5-11(18)16(12(19)6-9)26(20,23)24/h1-6,22H,7H2,(H2,20,23,24). The molecule has 0 atom stereocenters. The van der Waals surface area contributed by atoms with Crippen LogP contribution in [0.25, 0.3) is 22.4 Å². The summed E-state index contributed by atoms with van der Waals surface area (Å²) in [4.78, 5) is -1.27. The average Bonchev–Trinajstić information content (AvgIpc) is 2.97. The van der Waals surface area contributed by atoms with Crippen LogP contribution in [0.1, 0.15) is 5.76 Å². The van der Waals surface area contributed by atoms with Gasteiger partial charge in [0.15, 0.2) is 10.7 Å². The summed E-state index contributed by atoms with van der Waals surface area (Å²) in [5.41, 5.74) is 0.368. The van der Waals surface area contributed by atoms with Crippen LogP contribution in [0, 0.1) is 17.5 Å². The lowest BCUT2D eigenvalue weighted by atomic mass is 9.99. The quantitative estimate of drug-likeness (QED) is 0.719. The Bertz CT molecular complexity index is 1060. The maximum Gasteiger partial charge on any atom is 0.243 e. The summed E-state index contributed by atoms with van der Waals surface area (Å²) in [6.07, 6.45) is 0. The first kappa shape index (κ1) is 18.1. The van der Waals surface area contributed by atoms with Gasteiger partial charge < -0.3 is 9.63 Å². The van der Waals surface area contributed by atoms with Crippen LogP contribution >= 0.6 is 0 Å². The van der Waals surface area contributed by atoms with E-state index in [-0.39, 0.29) is 22.6 Å². The third-order valence-electron chi connectivity index (χ3n) is 3.60. The summed E-state index contributed by atoms with van der Waals surface area (Å²) in [5, 5.41) is 18.0. The van der Waals surface area contributed by atoms with Gasteiger partial charge in [-0.25, -0.2) is 26.7 Å². The SMILES string of the molecule is NS(=O)(=O)c1c(F)cc(-c2c(-c3ccc(F)cc3)noc2CO)cc1F. The van der Waals surface area contributed by atoms with Gasteiger partial charge in [0.1, 0.15) is 29.8 Å². The molecule has 2 aromatic carbocycles. The van der Waals surface area contributed by atoms with E-state index in [1.165, 1.54) is 12.1 Å². The highest BCUT2D eigenvalue weighted by atomic mass is 32.2. The molecule has 0 saturated carbocycles. The number of rotatable bonds is 4. The molecule has 136 valence electrons. The Kier molecular flexibility index (Phi) is 4.57. The van der Waals surface area contributed by atoms with E-state index >= 15 is 0 Å². The van der Waals surface area contributed by atoms with Crippen LogP contribution in [0.15, 0.2) is 45.8 Å². The second-order valence-corrected chi connectivity index (χ2v) is 6.81. The Morgan fingerprint density at radius 1 is 1.04 bits per heavy atom. The Morgan fingerprint density at radius 2 is 1.62 bits per heavy atom. The van der Waals surface area contributed by atoms with Crippen LogP contribution in [0.5, 0.6) is 0 Å². The maximum atomic E-state index is 14.2. The number of aliphatic hydroxyl groups is 1. The van der Waals surface area contributed by atoms with Gasteiger partial charge in [-0.15, -0.1) is 0 Å². The van der Waals surface area contributed by atoms with E-state index < -0.39 is 39.0 Å². The predicted octanol–water partition coefficient (Wildman–Crippen LogP) is 2.57. The summed E-state index contributed by atoms with van der Waals surface area (Å²) < 4.78 is 69.0. The van der Waals surface area contributed by atoms with Gasteiger partial charge in [-0.3, -0.25) is 0 Å². The number of hydrogen-bond acceptors (Lipinski definition) is 5. The summed E-state index contributed by atoms with van der Waals surface area (Å²) in [5.74, 6) is -3.42. The molecule has 0 spiro atoms. The zero-order valence-electron chi connectivity index (χ0n) is 12.9. The molecule has 0 unspecified atom stereocenters. The van der Waals surface area contributed by atoms with Gasteiger partial charge in [-0.1, -0.05) is 5.16 Å². The van der Waals surface area contributed by atoms with Gasteiger partial charge in [0.25, 0.3) is 0 Å². The second-order valence-electron chi connectivity index (χ2n) is 5.31. The molecule has 0 saturated heterocycles. The van der Waals surface area contributed by atoms with Gasteiger partial charge in [0.2, 0.25) is 10.0 Å². The largest absolute Gasteiger partial charge is 0.388 e. The third-order valence-corrected chi connectivity index (χ3v) is 4.55. The number of benzene rings is 2. The van der Waals surface area contributed by atoms with E-state index in [9.17, 15) is 26.7 Å². The van der Waals surface area contributed by atoms with Crippen molar-refractivity contribution >= 4 is 10.0 Å². The highest BCUT2D eigenvalue weighted by Gasteiger charge is 2.25. The van der Waals surface area contributed by atoms with Gasteiger partial charge in [0.05, 0.1) is 5.56 Å². The monoisotopic (exact) mass is 384 g/mol. The second kappa shape index (κ2) is 6.56. The predicted molar refractivity (Wildman–Crippen MR) is 84.5 cm³/mol. The molecule has 0 bridgehead atoms. The molecule has 3 N–H and O–H groups in total. The van der Waals surface area contributed by atoms with E-state index in [2.05, 4.69) is 5.16 Å². The number of nitrogens with two attached hydrogens (primary N) is 1.